The van der Waals surface area contributed by atoms with E-state index < -0.39 is 0 Å². The van der Waals surface area contributed by atoms with Crippen LogP contribution in [-0.2, 0) is 11.3 Å². The molecule has 0 radical (unpaired) electrons. The molecule has 2 rings (SSSR count). The smallest absolute Gasteiger partial charge is 0.221 e. The molecule has 1 amide bonds. The molecule has 0 fully saturated rings. The second kappa shape index (κ2) is 7.25. The van der Waals surface area contributed by atoms with E-state index in [1.54, 1.807) is 0 Å². The Morgan fingerprint density at radius 1 is 1.14 bits per heavy atom. The van der Waals surface area contributed by atoms with Crippen molar-refractivity contribution in [3.8, 4) is 0 Å². The first-order valence-electron chi connectivity index (χ1n) is 6.90. The third kappa shape index (κ3) is 4.59. The van der Waals surface area contributed by atoms with E-state index in [4.69, 9.17) is 11.6 Å². The minimum atomic E-state index is -0.0619. The largest absolute Gasteiger partial charge is 0.326 e. The quantitative estimate of drug-likeness (QED) is 0.871. The van der Waals surface area contributed by atoms with E-state index in [2.05, 4.69) is 17.6 Å². The molecule has 0 aliphatic carbocycles. The summed E-state index contributed by atoms with van der Waals surface area (Å²) in [6.07, 6.45) is 0. The SMILES string of the molecule is CC(=O)Nc1ccccc1CNC(C)c1ccc(Cl)cc1. The number of hydrogen-bond donors (Lipinski definition) is 2. The summed E-state index contributed by atoms with van der Waals surface area (Å²) in [5, 5.41) is 7.04. The minimum Gasteiger partial charge on any atom is -0.326 e. The summed E-state index contributed by atoms with van der Waals surface area (Å²) in [7, 11) is 0. The van der Waals surface area contributed by atoms with Gasteiger partial charge in [-0.25, -0.2) is 0 Å². The average molecular weight is 303 g/mol. The normalized spacial score (nSPS) is 12.0. The van der Waals surface area contributed by atoms with Crippen LogP contribution >= 0.6 is 11.6 Å². The molecule has 0 saturated carbocycles. The predicted octanol–water partition coefficient (Wildman–Crippen LogP) is 4.15. The highest BCUT2D eigenvalue weighted by Crippen LogP contribution is 2.19. The average Bonchev–Trinajstić information content (AvgIpc) is 2.46. The fraction of sp³-hybridized carbons (Fsp3) is 0.235. The van der Waals surface area contributed by atoms with Gasteiger partial charge in [0.15, 0.2) is 0 Å². The second-order valence-corrected chi connectivity index (χ2v) is 5.43. The Morgan fingerprint density at radius 3 is 2.48 bits per heavy atom. The number of hydrogen-bond acceptors (Lipinski definition) is 2. The lowest BCUT2D eigenvalue weighted by molar-refractivity contribution is -0.114. The molecule has 0 aromatic heterocycles. The van der Waals surface area contributed by atoms with Gasteiger partial charge in [0.1, 0.15) is 0 Å². The highest BCUT2D eigenvalue weighted by molar-refractivity contribution is 6.30. The van der Waals surface area contributed by atoms with Gasteiger partial charge in [0.2, 0.25) is 5.91 Å². The van der Waals surface area contributed by atoms with Crippen molar-refractivity contribution in [2.75, 3.05) is 5.32 Å². The third-order valence-corrected chi connectivity index (χ3v) is 3.55. The summed E-state index contributed by atoms with van der Waals surface area (Å²) >= 11 is 5.90. The maximum Gasteiger partial charge on any atom is 0.221 e. The topological polar surface area (TPSA) is 41.1 Å². The van der Waals surface area contributed by atoms with Crippen molar-refractivity contribution in [3.63, 3.8) is 0 Å². The number of carbonyl (C=O) groups is 1. The molecule has 0 heterocycles. The van der Waals surface area contributed by atoms with E-state index in [1.165, 1.54) is 12.5 Å². The molecule has 1 unspecified atom stereocenters. The Kier molecular flexibility index (Phi) is 5.37. The first-order valence-corrected chi connectivity index (χ1v) is 7.28. The lowest BCUT2D eigenvalue weighted by Crippen LogP contribution is -2.19. The standard InChI is InChI=1S/C17H19ClN2O/c1-12(14-7-9-16(18)10-8-14)19-11-15-5-3-4-6-17(15)20-13(2)21/h3-10,12,19H,11H2,1-2H3,(H,20,21). The van der Waals surface area contributed by atoms with Crippen LogP contribution in [0.3, 0.4) is 0 Å². The number of para-hydroxylation sites is 1. The fourth-order valence-electron chi connectivity index (χ4n) is 2.12. The maximum absolute atomic E-state index is 11.2. The van der Waals surface area contributed by atoms with Gasteiger partial charge < -0.3 is 10.6 Å². The molecular formula is C17H19ClN2O. The zero-order chi connectivity index (χ0) is 15.2. The summed E-state index contributed by atoms with van der Waals surface area (Å²) in [6, 6.07) is 15.8. The Bertz CT molecular complexity index is 610. The Labute approximate surface area is 130 Å². The summed E-state index contributed by atoms with van der Waals surface area (Å²) in [5.41, 5.74) is 3.09. The van der Waals surface area contributed by atoms with Crippen LogP contribution in [0, 0.1) is 0 Å². The molecule has 110 valence electrons. The lowest BCUT2D eigenvalue weighted by atomic mass is 10.1. The van der Waals surface area contributed by atoms with Crippen molar-refractivity contribution in [2.45, 2.75) is 26.4 Å². The Balaban J connectivity index is 2.02. The first-order chi connectivity index (χ1) is 10.1. The number of nitrogens with one attached hydrogen (secondary N) is 2. The summed E-state index contributed by atoms with van der Waals surface area (Å²) in [6.45, 7) is 4.30. The van der Waals surface area contributed by atoms with E-state index in [9.17, 15) is 4.79 Å². The molecule has 2 N–H and O–H groups in total. The molecular weight excluding hydrogens is 284 g/mol. The monoisotopic (exact) mass is 302 g/mol. The predicted molar refractivity (Wildman–Crippen MR) is 87.5 cm³/mol. The van der Waals surface area contributed by atoms with Gasteiger partial charge in [0.25, 0.3) is 0 Å². The second-order valence-electron chi connectivity index (χ2n) is 4.99. The van der Waals surface area contributed by atoms with Crippen molar-refractivity contribution in [2.24, 2.45) is 0 Å². The van der Waals surface area contributed by atoms with Crippen LogP contribution in [0.5, 0.6) is 0 Å². The number of amides is 1. The number of carbonyl (C=O) groups excluding carboxylic acids is 1. The van der Waals surface area contributed by atoms with Crippen LogP contribution in [0.4, 0.5) is 5.69 Å². The zero-order valence-electron chi connectivity index (χ0n) is 12.2. The Hall–Kier alpha value is -1.84. The molecule has 4 heteroatoms. The van der Waals surface area contributed by atoms with Crippen LogP contribution in [0.2, 0.25) is 5.02 Å². The van der Waals surface area contributed by atoms with Gasteiger partial charge in [-0.3, -0.25) is 4.79 Å². The molecule has 0 spiro atoms. The van der Waals surface area contributed by atoms with Crippen molar-refractivity contribution >= 4 is 23.2 Å². The number of benzene rings is 2. The van der Waals surface area contributed by atoms with E-state index in [0.717, 1.165) is 16.3 Å². The van der Waals surface area contributed by atoms with E-state index in [0.29, 0.717) is 6.54 Å². The first kappa shape index (κ1) is 15.5. The molecule has 2 aromatic carbocycles. The van der Waals surface area contributed by atoms with Crippen LogP contribution in [0.15, 0.2) is 48.5 Å². The van der Waals surface area contributed by atoms with E-state index >= 15 is 0 Å². The van der Waals surface area contributed by atoms with Gasteiger partial charge in [0.05, 0.1) is 0 Å². The molecule has 2 aromatic rings. The lowest BCUT2D eigenvalue weighted by Gasteiger charge is -2.16. The van der Waals surface area contributed by atoms with Crippen LogP contribution in [-0.4, -0.2) is 5.91 Å². The highest BCUT2D eigenvalue weighted by atomic mass is 35.5. The molecule has 0 bridgehead atoms. The van der Waals surface area contributed by atoms with Gasteiger partial charge in [-0.1, -0.05) is 41.9 Å². The summed E-state index contributed by atoms with van der Waals surface area (Å²) in [5.74, 6) is -0.0619. The van der Waals surface area contributed by atoms with Crippen molar-refractivity contribution in [1.29, 1.82) is 0 Å². The number of rotatable bonds is 5. The third-order valence-electron chi connectivity index (χ3n) is 3.30. The van der Waals surface area contributed by atoms with Crippen molar-refractivity contribution < 1.29 is 4.79 Å². The minimum absolute atomic E-state index is 0.0619. The van der Waals surface area contributed by atoms with Gasteiger partial charge >= 0.3 is 0 Å². The number of halogens is 1. The van der Waals surface area contributed by atoms with Gasteiger partial charge in [-0.05, 0) is 36.2 Å². The molecule has 1 atom stereocenters. The van der Waals surface area contributed by atoms with Crippen molar-refractivity contribution in [1.82, 2.24) is 5.32 Å². The summed E-state index contributed by atoms with van der Waals surface area (Å²) < 4.78 is 0. The van der Waals surface area contributed by atoms with Crippen LogP contribution in [0.25, 0.3) is 0 Å². The van der Waals surface area contributed by atoms with Gasteiger partial charge in [-0.15, -0.1) is 0 Å². The van der Waals surface area contributed by atoms with Gasteiger partial charge in [-0.2, -0.15) is 0 Å². The highest BCUT2D eigenvalue weighted by Gasteiger charge is 2.07. The van der Waals surface area contributed by atoms with Crippen LogP contribution < -0.4 is 10.6 Å². The zero-order valence-corrected chi connectivity index (χ0v) is 12.9. The molecule has 3 nitrogen and oxygen atoms in total. The van der Waals surface area contributed by atoms with E-state index in [-0.39, 0.29) is 11.9 Å². The maximum atomic E-state index is 11.2. The molecule has 0 saturated heterocycles. The molecule has 21 heavy (non-hydrogen) atoms. The molecule has 0 aliphatic heterocycles. The van der Waals surface area contributed by atoms with Crippen molar-refractivity contribution in [3.05, 3.63) is 64.7 Å². The Morgan fingerprint density at radius 2 is 1.81 bits per heavy atom. The summed E-state index contributed by atoms with van der Waals surface area (Å²) in [4.78, 5) is 11.2. The fourth-order valence-corrected chi connectivity index (χ4v) is 2.24. The van der Waals surface area contributed by atoms with Crippen LogP contribution in [0.1, 0.15) is 31.0 Å². The van der Waals surface area contributed by atoms with E-state index in [1.807, 2.05) is 48.5 Å². The van der Waals surface area contributed by atoms with Gasteiger partial charge in [0, 0.05) is 30.2 Å². The molecule has 0 aliphatic rings. The number of anilines is 1.